The van der Waals surface area contributed by atoms with Crippen LogP contribution in [0.5, 0.6) is 17.2 Å². The van der Waals surface area contributed by atoms with Gasteiger partial charge in [-0.05, 0) is 24.3 Å². The van der Waals surface area contributed by atoms with Gasteiger partial charge in [0.1, 0.15) is 23.7 Å². The standard InChI is InChI=1S/C26H23ClF2N4O5/c1-30-19-10-32-26-21(23(19)33-13(11-34)12-36-2)16(9-31-26)24(35)15-5-4-14(8-17(15)27)38-25-20(37-3)7-6-18(28)22(25)29/h4-11,13,30H,12H2,1-3H3,(H2,31,32,33). The topological polar surface area (TPSA) is 115 Å². The molecule has 4 rings (SSSR count). The summed E-state index contributed by atoms with van der Waals surface area (Å²) in [5.74, 6) is -3.21. The van der Waals surface area contributed by atoms with E-state index < -0.39 is 29.2 Å². The van der Waals surface area contributed by atoms with Crippen molar-refractivity contribution in [2.24, 2.45) is 0 Å². The number of carbonyl (C=O) groups is 2. The highest BCUT2D eigenvalue weighted by Crippen LogP contribution is 2.38. The molecule has 12 heteroatoms. The van der Waals surface area contributed by atoms with Gasteiger partial charge in [-0.2, -0.15) is 4.39 Å². The predicted molar refractivity (Wildman–Crippen MR) is 139 cm³/mol. The molecule has 1 unspecified atom stereocenters. The first-order valence-corrected chi connectivity index (χ1v) is 11.6. The minimum Gasteiger partial charge on any atom is -0.493 e. The number of halogens is 3. The van der Waals surface area contributed by atoms with Gasteiger partial charge in [0.2, 0.25) is 11.6 Å². The molecule has 38 heavy (non-hydrogen) atoms. The first kappa shape index (κ1) is 26.8. The lowest BCUT2D eigenvalue weighted by Gasteiger charge is -2.18. The van der Waals surface area contributed by atoms with Crippen molar-refractivity contribution in [3.8, 4) is 17.2 Å². The molecule has 0 aliphatic heterocycles. The van der Waals surface area contributed by atoms with Crippen LogP contribution in [0.1, 0.15) is 15.9 Å². The van der Waals surface area contributed by atoms with Crippen LogP contribution in [0.15, 0.2) is 42.7 Å². The number of nitrogens with zero attached hydrogens (tertiary/aromatic N) is 1. The van der Waals surface area contributed by atoms with Crippen LogP contribution < -0.4 is 20.1 Å². The van der Waals surface area contributed by atoms with E-state index in [1.54, 1.807) is 13.2 Å². The molecule has 1 atom stereocenters. The molecule has 2 aromatic heterocycles. The largest absolute Gasteiger partial charge is 0.493 e. The second-order valence-corrected chi connectivity index (χ2v) is 8.44. The molecule has 0 amide bonds. The van der Waals surface area contributed by atoms with Crippen molar-refractivity contribution >= 4 is 46.1 Å². The van der Waals surface area contributed by atoms with E-state index in [9.17, 15) is 18.4 Å². The second-order valence-electron chi connectivity index (χ2n) is 8.03. The molecule has 0 spiro atoms. The molecular formula is C26H23ClF2N4O5. The fraction of sp³-hybridized carbons (Fsp3) is 0.192. The lowest BCUT2D eigenvalue weighted by molar-refractivity contribution is -0.109. The number of aromatic amines is 1. The van der Waals surface area contributed by atoms with Gasteiger partial charge < -0.3 is 34.6 Å². The van der Waals surface area contributed by atoms with Gasteiger partial charge in [-0.25, -0.2) is 9.37 Å². The molecule has 9 nitrogen and oxygen atoms in total. The summed E-state index contributed by atoms with van der Waals surface area (Å²) in [6.07, 6.45) is 3.75. The van der Waals surface area contributed by atoms with E-state index in [4.69, 9.17) is 25.8 Å². The average molecular weight is 545 g/mol. The number of ether oxygens (including phenoxy) is 3. The maximum atomic E-state index is 14.3. The van der Waals surface area contributed by atoms with Crippen molar-refractivity contribution in [3.05, 3.63) is 70.5 Å². The van der Waals surface area contributed by atoms with Crippen LogP contribution in [0.25, 0.3) is 11.0 Å². The smallest absolute Gasteiger partial charge is 0.207 e. The summed E-state index contributed by atoms with van der Waals surface area (Å²) in [6.45, 7) is 0.105. The number of aromatic nitrogens is 2. The molecular weight excluding hydrogens is 522 g/mol. The zero-order chi connectivity index (χ0) is 27.4. The highest BCUT2D eigenvalue weighted by Gasteiger charge is 2.24. The SMILES string of the molecule is CNc1cnc2[nH]cc(C(=O)c3ccc(Oc4c(OC)ccc(F)c4F)cc3Cl)c2c1NC(C=O)COC. The summed E-state index contributed by atoms with van der Waals surface area (Å²) in [6, 6.07) is 5.58. The number of fused-ring (bicyclic) bond motifs is 1. The number of hydrogen-bond acceptors (Lipinski definition) is 8. The van der Waals surface area contributed by atoms with Gasteiger partial charge in [-0.1, -0.05) is 11.6 Å². The number of pyridine rings is 1. The van der Waals surface area contributed by atoms with Gasteiger partial charge in [0.15, 0.2) is 17.3 Å². The fourth-order valence-corrected chi connectivity index (χ4v) is 4.13. The molecule has 198 valence electrons. The zero-order valence-electron chi connectivity index (χ0n) is 20.5. The second kappa shape index (κ2) is 11.4. The predicted octanol–water partition coefficient (Wildman–Crippen LogP) is 5.19. The lowest BCUT2D eigenvalue weighted by atomic mass is 10.0. The van der Waals surface area contributed by atoms with Crippen molar-refractivity contribution < 1.29 is 32.6 Å². The molecule has 0 fully saturated rings. The number of ketones is 1. The summed E-state index contributed by atoms with van der Waals surface area (Å²) in [4.78, 5) is 32.5. The molecule has 4 aromatic rings. The maximum absolute atomic E-state index is 14.3. The first-order valence-electron chi connectivity index (χ1n) is 11.3. The number of hydrogen-bond donors (Lipinski definition) is 3. The molecule has 3 N–H and O–H groups in total. The van der Waals surface area contributed by atoms with Crippen molar-refractivity contribution in [3.63, 3.8) is 0 Å². The van der Waals surface area contributed by atoms with Crippen LogP contribution in [0.3, 0.4) is 0 Å². The number of benzene rings is 2. The minimum absolute atomic E-state index is 0.00928. The third-order valence-electron chi connectivity index (χ3n) is 5.69. The van der Waals surface area contributed by atoms with Crippen LogP contribution in [-0.2, 0) is 9.53 Å². The Bertz CT molecular complexity index is 1510. The molecule has 0 saturated carbocycles. The van der Waals surface area contributed by atoms with Crippen LogP contribution >= 0.6 is 11.6 Å². The summed E-state index contributed by atoms with van der Waals surface area (Å²) >= 11 is 6.43. The maximum Gasteiger partial charge on any atom is 0.207 e. The van der Waals surface area contributed by atoms with E-state index in [1.165, 1.54) is 44.7 Å². The fourth-order valence-electron chi connectivity index (χ4n) is 3.87. The van der Waals surface area contributed by atoms with Crippen molar-refractivity contribution in [2.45, 2.75) is 6.04 Å². The van der Waals surface area contributed by atoms with E-state index >= 15 is 0 Å². The lowest BCUT2D eigenvalue weighted by Crippen LogP contribution is -2.27. The van der Waals surface area contributed by atoms with E-state index in [0.717, 1.165) is 6.07 Å². The van der Waals surface area contributed by atoms with Crippen LogP contribution in [0.2, 0.25) is 5.02 Å². The van der Waals surface area contributed by atoms with Gasteiger partial charge in [0.05, 0.1) is 47.3 Å². The van der Waals surface area contributed by atoms with Gasteiger partial charge >= 0.3 is 0 Å². The molecule has 0 aliphatic carbocycles. The van der Waals surface area contributed by atoms with Gasteiger partial charge in [-0.15, -0.1) is 0 Å². The van der Waals surface area contributed by atoms with Crippen LogP contribution in [0.4, 0.5) is 20.2 Å². The van der Waals surface area contributed by atoms with Gasteiger partial charge in [0, 0.05) is 32.0 Å². The number of rotatable bonds is 11. The Balaban J connectivity index is 1.72. The van der Waals surface area contributed by atoms with Crippen molar-refractivity contribution in [2.75, 3.05) is 38.5 Å². The summed E-state index contributed by atoms with van der Waals surface area (Å²) < 4.78 is 43.7. The Morgan fingerprint density at radius 3 is 2.66 bits per heavy atom. The van der Waals surface area contributed by atoms with Crippen LogP contribution in [-0.4, -0.2) is 56.0 Å². The average Bonchev–Trinajstić information content (AvgIpc) is 3.35. The van der Waals surface area contributed by atoms with E-state index in [0.29, 0.717) is 28.7 Å². The highest BCUT2D eigenvalue weighted by atomic mass is 35.5. The number of carbonyl (C=O) groups excluding carboxylic acids is 2. The molecule has 2 heterocycles. The van der Waals surface area contributed by atoms with Crippen molar-refractivity contribution in [1.29, 1.82) is 0 Å². The normalized spacial score (nSPS) is 11.7. The van der Waals surface area contributed by atoms with E-state index in [1.807, 2.05) is 0 Å². The number of methoxy groups -OCH3 is 2. The minimum atomic E-state index is -1.23. The third kappa shape index (κ3) is 5.11. The third-order valence-corrected chi connectivity index (χ3v) is 6.01. The quantitative estimate of drug-likeness (QED) is 0.174. The van der Waals surface area contributed by atoms with Crippen LogP contribution in [0, 0.1) is 11.6 Å². The highest BCUT2D eigenvalue weighted by molar-refractivity contribution is 6.36. The molecule has 0 bridgehead atoms. The number of H-pyrrole nitrogens is 1. The monoisotopic (exact) mass is 544 g/mol. The molecule has 0 aliphatic rings. The van der Waals surface area contributed by atoms with Gasteiger partial charge in [-0.3, -0.25) is 4.79 Å². The number of aldehydes is 1. The number of anilines is 2. The summed E-state index contributed by atoms with van der Waals surface area (Å²) in [7, 11) is 4.44. The first-order chi connectivity index (χ1) is 18.3. The molecule has 0 saturated heterocycles. The van der Waals surface area contributed by atoms with Crippen molar-refractivity contribution in [1.82, 2.24) is 9.97 Å². The summed E-state index contributed by atoms with van der Waals surface area (Å²) in [5.41, 5.74) is 1.79. The Morgan fingerprint density at radius 2 is 2.00 bits per heavy atom. The Kier molecular flexibility index (Phi) is 8.08. The number of nitrogens with one attached hydrogen (secondary N) is 3. The Morgan fingerprint density at radius 1 is 1.21 bits per heavy atom. The Hall–Kier alpha value is -4.22. The summed E-state index contributed by atoms with van der Waals surface area (Å²) in [5, 5.41) is 6.54. The zero-order valence-corrected chi connectivity index (χ0v) is 21.3. The molecule has 2 aromatic carbocycles. The van der Waals surface area contributed by atoms with Gasteiger partial charge in [0.25, 0.3) is 0 Å². The van der Waals surface area contributed by atoms with E-state index in [2.05, 4.69) is 20.6 Å². The Labute approximate surface area is 221 Å². The van der Waals surface area contributed by atoms with E-state index in [-0.39, 0.29) is 34.3 Å². The molecule has 0 radical (unpaired) electrons.